The molecule has 5 nitrogen and oxygen atoms in total. The van der Waals surface area contributed by atoms with E-state index in [1.807, 2.05) is 38.1 Å². The Morgan fingerprint density at radius 3 is 2.79 bits per heavy atom. The second kappa shape index (κ2) is 8.93. The quantitative estimate of drug-likeness (QED) is 0.615. The van der Waals surface area contributed by atoms with Crippen LogP contribution < -0.4 is 14.9 Å². The van der Waals surface area contributed by atoms with Crippen molar-refractivity contribution in [3.05, 3.63) is 58.6 Å². The fraction of sp³-hybridized carbons (Fsp3) is 0.222. The predicted molar refractivity (Wildman–Crippen MR) is 95.0 cm³/mol. The van der Waals surface area contributed by atoms with Crippen molar-refractivity contribution < 1.29 is 14.3 Å². The third kappa shape index (κ3) is 5.28. The van der Waals surface area contributed by atoms with Crippen molar-refractivity contribution in [2.24, 2.45) is 5.10 Å². The van der Waals surface area contributed by atoms with E-state index in [0.717, 1.165) is 11.1 Å². The van der Waals surface area contributed by atoms with E-state index in [1.54, 1.807) is 18.2 Å². The van der Waals surface area contributed by atoms with Crippen molar-refractivity contribution in [3.8, 4) is 11.5 Å². The summed E-state index contributed by atoms with van der Waals surface area (Å²) in [6.07, 6.45) is 1.54. The molecule has 0 heterocycles. The third-order valence-electron chi connectivity index (χ3n) is 3.11. The third-order valence-corrected chi connectivity index (χ3v) is 3.54. The van der Waals surface area contributed by atoms with Crippen molar-refractivity contribution >= 4 is 23.7 Å². The first-order valence-corrected chi connectivity index (χ1v) is 7.90. The molecular formula is C18H19ClN2O3. The van der Waals surface area contributed by atoms with Crippen LogP contribution in [0.1, 0.15) is 18.1 Å². The number of para-hydroxylation sites is 1. The largest absolute Gasteiger partial charge is 0.493 e. The number of aryl methyl sites for hydroxylation is 1. The van der Waals surface area contributed by atoms with Crippen LogP contribution in [0.25, 0.3) is 0 Å². The minimum atomic E-state index is -0.354. The van der Waals surface area contributed by atoms with Crippen LogP contribution in [0.2, 0.25) is 5.02 Å². The normalized spacial score (nSPS) is 10.6. The molecule has 0 saturated heterocycles. The number of hydrogen-bond acceptors (Lipinski definition) is 4. The van der Waals surface area contributed by atoms with Crippen LogP contribution in [-0.4, -0.2) is 25.3 Å². The molecule has 2 rings (SSSR count). The standard InChI is InChI=1S/C18H19ClN2O3/c1-3-23-17-7-5-4-6-14(17)11-20-21-18(22)12-24-15-8-9-16(19)13(2)10-15/h4-11H,3,12H2,1-2H3,(H,21,22). The van der Waals surface area contributed by atoms with Crippen molar-refractivity contribution in [2.75, 3.05) is 13.2 Å². The molecule has 2 aromatic carbocycles. The van der Waals surface area contributed by atoms with Crippen LogP contribution in [0.15, 0.2) is 47.6 Å². The first kappa shape index (κ1) is 17.8. The average Bonchev–Trinajstić information content (AvgIpc) is 2.58. The number of hydrogen-bond donors (Lipinski definition) is 1. The number of benzene rings is 2. The Balaban J connectivity index is 1.85. The number of rotatable bonds is 7. The topological polar surface area (TPSA) is 59.9 Å². The molecule has 1 N–H and O–H groups in total. The lowest BCUT2D eigenvalue weighted by Crippen LogP contribution is -2.24. The van der Waals surface area contributed by atoms with Crippen LogP contribution in [0.5, 0.6) is 11.5 Å². The summed E-state index contributed by atoms with van der Waals surface area (Å²) >= 11 is 5.94. The van der Waals surface area contributed by atoms with E-state index in [2.05, 4.69) is 10.5 Å². The molecule has 0 aromatic heterocycles. The van der Waals surface area contributed by atoms with Crippen molar-refractivity contribution in [3.63, 3.8) is 0 Å². The van der Waals surface area contributed by atoms with Gasteiger partial charge in [-0.15, -0.1) is 0 Å². The number of hydrazone groups is 1. The Hall–Kier alpha value is -2.53. The van der Waals surface area contributed by atoms with Gasteiger partial charge in [0.15, 0.2) is 6.61 Å². The molecule has 0 unspecified atom stereocenters. The zero-order chi connectivity index (χ0) is 17.4. The summed E-state index contributed by atoms with van der Waals surface area (Å²) in [5.41, 5.74) is 4.10. The van der Waals surface area contributed by atoms with Gasteiger partial charge in [-0.3, -0.25) is 4.79 Å². The SMILES string of the molecule is CCOc1ccccc1C=NNC(=O)COc1ccc(Cl)c(C)c1. The highest BCUT2D eigenvalue weighted by Gasteiger charge is 2.04. The average molecular weight is 347 g/mol. The fourth-order valence-corrected chi connectivity index (χ4v) is 2.05. The van der Waals surface area contributed by atoms with Gasteiger partial charge >= 0.3 is 0 Å². The summed E-state index contributed by atoms with van der Waals surface area (Å²) in [6, 6.07) is 12.7. The molecule has 2 aromatic rings. The number of halogens is 1. The maximum atomic E-state index is 11.8. The van der Waals surface area contributed by atoms with E-state index in [-0.39, 0.29) is 12.5 Å². The molecule has 0 radical (unpaired) electrons. The maximum Gasteiger partial charge on any atom is 0.277 e. The lowest BCUT2D eigenvalue weighted by atomic mass is 10.2. The Labute approximate surface area is 146 Å². The van der Waals surface area contributed by atoms with Crippen molar-refractivity contribution in [2.45, 2.75) is 13.8 Å². The summed E-state index contributed by atoms with van der Waals surface area (Å²) in [5.74, 6) is 0.941. The molecule has 0 aliphatic heterocycles. The number of carbonyl (C=O) groups is 1. The van der Waals surface area contributed by atoms with Gasteiger partial charge in [0.1, 0.15) is 11.5 Å². The van der Waals surface area contributed by atoms with Crippen LogP contribution in [-0.2, 0) is 4.79 Å². The molecular weight excluding hydrogens is 328 g/mol. The molecule has 24 heavy (non-hydrogen) atoms. The van der Waals surface area contributed by atoms with Gasteiger partial charge < -0.3 is 9.47 Å². The highest BCUT2D eigenvalue weighted by atomic mass is 35.5. The van der Waals surface area contributed by atoms with E-state index >= 15 is 0 Å². The van der Waals surface area contributed by atoms with Crippen molar-refractivity contribution in [1.29, 1.82) is 0 Å². The number of ether oxygens (including phenoxy) is 2. The highest BCUT2D eigenvalue weighted by Crippen LogP contribution is 2.20. The minimum absolute atomic E-state index is 0.133. The second-order valence-electron chi connectivity index (χ2n) is 4.96. The molecule has 1 amide bonds. The van der Waals surface area contributed by atoms with Gasteiger partial charge in [-0.2, -0.15) is 5.10 Å². The highest BCUT2D eigenvalue weighted by molar-refractivity contribution is 6.31. The van der Waals surface area contributed by atoms with Gasteiger partial charge in [0.05, 0.1) is 12.8 Å². The zero-order valence-corrected chi connectivity index (χ0v) is 14.3. The van der Waals surface area contributed by atoms with Crippen LogP contribution in [0, 0.1) is 6.92 Å². The summed E-state index contributed by atoms with van der Waals surface area (Å²) in [6.45, 7) is 4.21. The number of carbonyl (C=O) groups excluding carboxylic acids is 1. The molecule has 126 valence electrons. The fourth-order valence-electron chi connectivity index (χ4n) is 1.94. The maximum absolute atomic E-state index is 11.8. The lowest BCUT2D eigenvalue weighted by Gasteiger charge is -2.07. The minimum Gasteiger partial charge on any atom is -0.493 e. The van der Waals surface area contributed by atoms with Gasteiger partial charge in [-0.05, 0) is 49.7 Å². The number of nitrogens with zero attached hydrogens (tertiary/aromatic N) is 1. The molecule has 0 aliphatic carbocycles. The Bertz CT molecular complexity index is 732. The Morgan fingerprint density at radius 1 is 1.25 bits per heavy atom. The van der Waals surface area contributed by atoms with Gasteiger partial charge in [0, 0.05) is 10.6 Å². The summed E-state index contributed by atoms with van der Waals surface area (Å²) in [5, 5.41) is 4.58. The van der Waals surface area contributed by atoms with E-state index in [0.29, 0.717) is 23.1 Å². The van der Waals surface area contributed by atoms with Gasteiger partial charge in [0.25, 0.3) is 5.91 Å². The van der Waals surface area contributed by atoms with Gasteiger partial charge in [-0.1, -0.05) is 23.7 Å². The first-order chi connectivity index (χ1) is 11.6. The Kier molecular flexibility index (Phi) is 6.63. The zero-order valence-electron chi connectivity index (χ0n) is 13.6. The van der Waals surface area contributed by atoms with Crippen molar-refractivity contribution in [1.82, 2.24) is 5.43 Å². The van der Waals surface area contributed by atoms with E-state index in [9.17, 15) is 4.79 Å². The van der Waals surface area contributed by atoms with Crippen LogP contribution >= 0.6 is 11.6 Å². The van der Waals surface area contributed by atoms with Crippen LogP contribution in [0.3, 0.4) is 0 Å². The van der Waals surface area contributed by atoms with Crippen LogP contribution in [0.4, 0.5) is 0 Å². The first-order valence-electron chi connectivity index (χ1n) is 7.53. The molecule has 0 atom stereocenters. The predicted octanol–water partition coefficient (Wildman–Crippen LogP) is 3.58. The number of nitrogens with one attached hydrogen (secondary N) is 1. The van der Waals surface area contributed by atoms with E-state index in [1.165, 1.54) is 6.21 Å². The molecule has 0 bridgehead atoms. The second-order valence-corrected chi connectivity index (χ2v) is 5.37. The molecule has 0 aliphatic rings. The number of amides is 1. The van der Waals surface area contributed by atoms with Gasteiger partial charge in [-0.25, -0.2) is 5.43 Å². The van der Waals surface area contributed by atoms with E-state index in [4.69, 9.17) is 21.1 Å². The monoisotopic (exact) mass is 346 g/mol. The smallest absolute Gasteiger partial charge is 0.277 e. The lowest BCUT2D eigenvalue weighted by molar-refractivity contribution is -0.123. The summed E-state index contributed by atoms with van der Waals surface area (Å²) < 4.78 is 10.9. The van der Waals surface area contributed by atoms with E-state index < -0.39 is 0 Å². The molecule has 0 fully saturated rings. The molecule has 0 spiro atoms. The Morgan fingerprint density at radius 2 is 2.04 bits per heavy atom. The molecule has 6 heteroatoms. The van der Waals surface area contributed by atoms with Gasteiger partial charge in [0.2, 0.25) is 0 Å². The summed E-state index contributed by atoms with van der Waals surface area (Å²) in [4.78, 5) is 11.8. The summed E-state index contributed by atoms with van der Waals surface area (Å²) in [7, 11) is 0. The molecule has 0 saturated carbocycles.